The summed E-state index contributed by atoms with van der Waals surface area (Å²) in [4.78, 5) is 7.07. The minimum absolute atomic E-state index is 0. The minimum atomic E-state index is 0. The standard InChI is InChI=1S/C18H25N3O.ClH/c1-13-5-7-15(8-6-13)18-20-17(12-22-18)11-21-9-3-4-16(10-21)14(2)19;/h5-8,12,14,16H,3-4,9-11,19H2,1-2H3;1H. The zero-order valence-corrected chi connectivity index (χ0v) is 14.7. The lowest BCUT2D eigenvalue weighted by atomic mass is 9.92. The van der Waals surface area contributed by atoms with Gasteiger partial charge in [0, 0.05) is 24.7 Å². The van der Waals surface area contributed by atoms with Gasteiger partial charge in [0.05, 0.1) is 5.69 Å². The highest BCUT2D eigenvalue weighted by molar-refractivity contribution is 5.85. The lowest BCUT2D eigenvalue weighted by molar-refractivity contribution is 0.153. The van der Waals surface area contributed by atoms with Crippen LogP contribution in [0.5, 0.6) is 0 Å². The molecule has 2 unspecified atom stereocenters. The largest absolute Gasteiger partial charge is 0.444 e. The molecule has 1 saturated heterocycles. The van der Waals surface area contributed by atoms with E-state index in [9.17, 15) is 0 Å². The summed E-state index contributed by atoms with van der Waals surface area (Å²) in [5.74, 6) is 1.30. The molecule has 1 aromatic heterocycles. The number of nitrogens with two attached hydrogens (primary N) is 1. The van der Waals surface area contributed by atoms with E-state index in [1.54, 1.807) is 6.26 Å². The monoisotopic (exact) mass is 335 g/mol. The molecule has 0 spiro atoms. The van der Waals surface area contributed by atoms with E-state index in [2.05, 4.69) is 48.0 Å². The maximum Gasteiger partial charge on any atom is 0.226 e. The molecule has 23 heavy (non-hydrogen) atoms. The van der Waals surface area contributed by atoms with Crippen LogP contribution in [0, 0.1) is 12.8 Å². The van der Waals surface area contributed by atoms with E-state index >= 15 is 0 Å². The van der Waals surface area contributed by atoms with Gasteiger partial charge in [-0.25, -0.2) is 4.98 Å². The van der Waals surface area contributed by atoms with Crippen LogP contribution in [0.4, 0.5) is 0 Å². The highest BCUT2D eigenvalue weighted by Gasteiger charge is 2.23. The number of hydrogen-bond acceptors (Lipinski definition) is 4. The smallest absolute Gasteiger partial charge is 0.226 e. The molecule has 0 radical (unpaired) electrons. The Morgan fingerprint density at radius 1 is 1.35 bits per heavy atom. The fourth-order valence-electron chi connectivity index (χ4n) is 3.10. The topological polar surface area (TPSA) is 55.3 Å². The molecule has 4 nitrogen and oxygen atoms in total. The van der Waals surface area contributed by atoms with E-state index in [1.165, 1.54) is 18.4 Å². The van der Waals surface area contributed by atoms with E-state index in [4.69, 9.17) is 10.2 Å². The van der Waals surface area contributed by atoms with Gasteiger partial charge in [0.25, 0.3) is 0 Å². The van der Waals surface area contributed by atoms with Crippen molar-refractivity contribution in [3.63, 3.8) is 0 Å². The number of aromatic nitrogens is 1. The average molecular weight is 336 g/mol. The summed E-state index contributed by atoms with van der Waals surface area (Å²) in [6.07, 6.45) is 4.24. The Kier molecular flexibility index (Phi) is 6.22. The third-order valence-electron chi connectivity index (χ3n) is 4.52. The molecule has 2 aromatic rings. The number of halogens is 1. The van der Waals surface area contributed by atoms with Crippen molar-refractivity contribution < 1.29 is 4.42 Å². The predicted octanol–water partition coefficient (Wildman–Crippen LogP) is 3.63. The SMILES string of the molecule is Cc1ccc(-c2nc(CN3CCCC(C(C)N)C3)co2)cc1.Cl. The molecule has 1 fully saturated rings. The molecule has 2 atom stereocenters. The van der Waals surface area contributed by atoms with Gasteiger partial charge in [-0.15, -0.1) is 12.4 Å². The third kappa shape index (κ3) is 4.56. The second-order valence-corrected chi connectivity index (χ2v) is 6.51. The number of hydrogen-bond donors (Lipinski definition) is 1. The Bertz CT molecular complexity index is 609. The first-order chi connectivity index (χ1) is 10.6. The van der Waals surface area contributed by atoms with Gasteiger partial charge in [-0.3, -0.25) is 4.90 Å². The van der Waals surface area contributed by atoms with Gasteiger partial charge in [0.15, 0.2) is 0 Å². The molecule has 0 bridgehead atoms. The molecule has 2 heterocycles. The second-order valence-electron chi connectivity index (χ2n) is 6.51. The fourth-order valence-corrected chi connectivity index (χ4v) is 3.10. The van der Waals surface area contributed by atoms with Crippen LogP contribution >= 0.6 is 12.4 Å². The first-order valence-corrected chi connectivity index (χ1v) is 8.11. The van der Waals surface area contributed by atoms with Crippen molar-refractivity contribution in [2.24, 2.45) is 11.7 Å². The molecule has 1 aromatic carbocycles. The molecule has 2 N–H and O–H groups in total. The summed E-state index contributed by atoms with van der Waals surface area (Å²) in [5, 5.41) is 0. The Labute approximate surface area is 144 Å². The zero-order chi connectivity index (χ0) is 15.5. The van der Waals surface area contributed by atoms with Crippen LogP contribution in [0.25, 0.3) is 11.5 Å². The van der Waals surface area contributed by atoms with Gasteiger partial charge in [0.2, 0.25) is 5.89 Å². The van der Waals surface area contributed by atoms with E-state index in [-0.39, 0.29) is 18.4 Å². The molecule has 1 aliphatic rings. The van der Waals surface area contributed by atoms with Crippen molar-refractivity contribution in [3.05, 3.63) is 41.8 Å². The highest BCUT2D eigenvalue weighted by Crippen LogP contribution is 2.23. The Morgan fingerprint density at radius 3 is 2.78 bits per heavy atom. The molecular weight excluding hydrogens is 310 g/mol. The van der Waals surface area contributed by atoms with Gasteiger partial charge in [0.1, 0.15) is 6.26 Å². The summed E-state index contributed by atoms with van der Waals surface area (Å²) in [5.41, 5.74) is 9.33. The van der Waals surface area contributed by atoms with Crippen molar-refractivity contribution in [3.8, 4) is 11.5 Å². The number of benzene rings is 1. The molecule has 126 valence electrons. The van der Waals surface area contributed by atoms with Crippen LogP contribution < -0.4 is 5.73 Å². The first kappa shape index (κ1) is 18.0. The number of nitrogens with zero attached hydrogens (tertiary/aromatic N) is 2. The van der Waals surface area contributed by atoms with Crippen LogP contribution in [0.1, 0.15) is 31.0 Å². The second kappa shape index (κ2) is 7.95. The lowest BCUT2D eigenvalue weighted by Gasteiger charge is -2.34. The summed E-state index contributed by atoms with van der Waals surface area (Å²) < 4.78 is 5.64. The fraction of sp³-hybridized carbons (Fsp3) is 0.500. The lowest BCUT2D eigenvalue weighted by Crippen LogP contribution is -2.41. The summed E-state index contributed by atoms with van der Waals surface area (Å²) >= 11 is 0. The van der Waals surface area contributed by atoms with Crippen LogP contribution in [0.2, 0.25) is 0 Å². The molecule has 0 aliphatic carbocycles. The van der Waals surface area contributed by atoms with Crippen LogP contribution in [-0.2, 0) is 6.54 Å². The maximum atomic E-state index is 6.05. The molecule has 0 saturated carbocycles. The van der Waals surface area contributed by atoms with Crippen molar-refractivity contribution in [1.82, 2.24) is 9.88 Å². The summed E-state index contributed by atoms with van der Waals surface area (Å²) in [6, 6.07) is 8.53. The summed E-state index contributed by atoms with van der Waals surface area (Å²) in [7, 11) is 0. The number of rotatable bonds is 4. The Hall–Kier alpha value is -1.36. The van der Waals surface area contributed by atoms with Gasteiger partial charge >= 0.3 is 0 Å². The normalized spacial score (nSPS) is 20.0. The minimum Gasteiger partial charge on any atom is -0.444 e. The zero-order valence-electron chi connectivity index (χ0n) is 13.9. The Balaban J connectivity index is 0.00000192. The molecule has 3 rings (SSSR count). The number of piperidine rings is 1. The van der Waals surface area contributed by atoms with E-state index in [0.29, 0.717) is 11.8 Å². The van der Waals surface area contributed by atoms with Gasteiger partial charge < -0.3 is 10.2 Å². The predicted molar refractivity (Wildman–Crippen MR) is 95.6 cm³/mol. The van der Waals surface area contributed by atoms with Crippen LogP contribution in [-0.4, -0.2) is 29.0 Å². The average Bonchev–Trinajstić information content (AvgIpc) is 2.96. The number of likely N-dealkylation sites (tertiary alicyclic amines) is 1. The number of oxazole rings is 1. The first-order valence-electron chi connectivity index (χ1n) is 8.11. The molecule has 1 aliphatic heterocycles. The molecular formula is C18H26ClN3O. The van der Waals surface area contributed by atoms with Crippen LogP contribution in [0.15, 0.2) is 34.9 Å². The van der Waals surface area contributed by atoms with Crippen molar-refractivity contribution in [1.29, 1.82) is 0 Å². The van der Waals surface area contributed by atoms with E-state index < -0.39 is 0 Å². The molecule has 5 heteroatoms. The van der Waals surface area contributed by atoms with Crippen molar-refractivity contribution in [2.45, 2.75) is 39.3 Å². The van der Waals surface area contributed by atoms with Gasteiger partial charge in [-0.2, -0.15) is 0 Å². The van der Waals surface area contributed by atoms with Gasteiger partial charge in [-0.1, -0.05) is 17.7 Å². The van der Waals surface area contributed by atoms with Crippen molar-refractivity contribution >= 4 is 12.4 Å². The number of aryl methyl sites for hydroxylation is 1. The molecule has 0 amide bonds. The highest BCUT2D eigenvalue weighted by atomic mass is 35.5. The van der Waals surface area contributed by atoms with Crippen LogP contribution in [0.3, 0.4) is 0 Å². The summed E-state index contributed by atoms with van der Waals surface area (Å²) in [6.45, 7) is 7.22. The maximum absolute atomic E-state index is 6.05. The third-order valence-corrected chi connectivity index (χ3v) is 4.52. The van der Waals surface area contributed by atoms with Gasteiger partial charge in [-0.05, 0) is 51.3 Å². The van der Waals surface area contributed by atoms with E-state index in [1.807, 2.05) is 0 Å². The van der Waals surface area contributed by atoms with Crippen molar-refractivity contribution in [2.75, 3.05) is 13.1 Å². The van der Waals surface area contributed by atoms with E-state index in [0.717, 1.165) is 30.9 Å². The Morgan fingerprint density at radius 2 is 2.09 bits per heavy atom. The quantitative estimate of drug-likeness (QED) is 0.927.